The van der Waals surface area contributed by atoms with E-state index < -0.39 is 0 Å². The number of benzene rings is 2. The lowest BCUT2D eigenvalue weighted by molar-refractivity contribution is 0.474. The minimum atomic E-state index is 0.0494. The smallest absolute Gasteiger partial charge is 0.147 e. The van der Waals surface area contributed by atoms with Gasteiger partial charge in [0.15, 0.2) is 0 Å². The van der Waals surface area contributed by atoms with E-state index in [2.05, 4.69) is 15.9 Å². The summed E-state index contributed by atoms with van der Waals surface area (Å²) in [6.07, 6.45) is 0.723. The monoisotopic (exact) mass is 373 g/mol. The summed E-state index contributed by atoms with van der Waals surface area (Å²) in [6.45, 7) is 1.96. The van der Waals surface area contributed by atoms with Crippen molar-refractivity contribution in [2.24, 2.45) is 5.73 Å². The van der Waals surface area contributed by atoms with Gasteiger partial charge in [-0.25, -0.2) is 0 Å². The van der Waals surface area contributed by atoms with Crippen LogP contribution in [0.15, 0.2) is 40.9 Å². The van der Waals surface area contributed by atoms with Gasteiger partial charge in [0.2, 0.25) is 0 Å². The molecule has 0 aliphatic heterocycles. The average molecular weight is 375 g/mol. The van der Waals surface area contributed by atoms with Crippen molar-refractivity contribution in [2.75, 3.05) is 0 Å². The highest BCUT2D eigenvalue weighted by atomic mass is 79.9. The van der Waals surface area contributed by atoms with Crippen LogP contribution in [-0.4, -0.2) is 6.04 Å². The fourth-order valence-electron chi connectivity index (χ4n) is 1.82. The molecule has 2 N–H and O–H groups in total. The van der Waals surface area contributed by atoms with Crippen LogP contribution in [0.2, 0.25) is 10.0 Å². The number of rotatable bonds is 4. The molecule has 0 saturated carbocycles. The van der Waals surface area contributed by atoms with Crippen LogP contribution in [0.3, 0.4) is 0 Å². The molecule has 0 aliphatic carbocycles. The van der Waals surface area contributed by atoms with Gasteiger partial charge in [-0.2, -0.15) is 0 Å². The number of nitrogens with two attached hydrogens (primary N) is 1. The molecule has 0 heterocycles. The Morgan fingerprint density at radius 1 is 1.20 bits per heavy atom. The number of hydrogen-bond acceptors (Lipinski definition) is 2. The predicted molar refractivity (Wildman–Crippen MR) is 88.0 cm³/mol. The molecule has 20 heavy (non-hydrogen) atoms. The van der Waals surface area contributed by atoms with E-state index >= 15 is 0 Å². The Bertz CT molecular complexity index is 617. The fourth-order valence-corrected chi connectivity index (χ4v) is 2.49. The Balaban J connectivity index is 2.36. The summed E-state index contributed by atoms with van der Waals surface area (Å²) in [4.78, 5) is 0. The molecule has 1 atom stereocenters. The number of ether oxygens (including phenoxy) is 1. The van der Waals surface area contributed by atoms with Gasteiger partial charge < -0.3 is 10.5 Å². The van der Waals surface area contributed by atoms with Gasteiger partial charge in [0.05, 0.1) is 5.02 Å². The third kappa shape index (κ3) is 3.89. The maximum atomic E-state index is 6.15. The first kappa shape index (κ1) is 15.6. The zero-order valence-electron chi connectivity index (χ0n) is 10.9. The molecule has 2 rings (SSSR count). The molecule has 0 radical (unpaired) electrons. The van der Waals surface area contributed by atoms with Gasteiger partial charge in [-0.1, -0.05) is 51.3 Å². The highest BCUT2D eigenvalue weighted by Gasteiger charge is 2.11. The fraction of sp³-hybridized carbons (Fsp3) is 0.200. The van der Waals surface area contributed by atoms with E-state index in [1.54, 1.807) is 18.2 Å². The maximum absolute atomic E-state index is 6.15. The van der Waals surface area contributed by atoms with Gasteiger partial charge in [-0.3, -0.25) is 0 Å². The van der Waals surface area contributed by atoms with Crippen molar-refractivity contribution in [3.8, 4) is 11.5 Å². The Morgan fingerprint density at radius 3 is 2.65 bits per heavy atom. The van der Waals surface area contributed by atoms with Crippen molar-refractivity contribution in [2.45, 2.75) is 19.4 Å². The highest BCUT2D eigenvalue weighted by Crippen LogP contribution is 2.36. The summed E-state index contributed by atoms with van der Waals surface area (Å²) >= 11 is 15.6. The van der Waals surface area contributed by atoms with E-state index in [0.717, 1.165) is 22.2 Å². The third-order valence-electron chi connectivity index (χ3n) is 2.71. The van der Waals surface area contributed by atoms with Crippen LogP contribution in [0, 0.1) is 0 Å². The molecule has 0 spiro atoms. The van der Waals surface area contributed by atoms with Gasteiger partial charge in [0.25, 0.3) is 0 Å². The lowest BCUT2D eigenvalue weighted by Gasteiger charge is -2.14. The quantitative estimate of drug-likeness (QED) is 0.773. The van der Waals surface area contributed by atoms with E-state index in [-0.39, 0.29) is 6.04 Å². The highest BCUT2D eigenvalue weighted by molar-refractivity contribution is 9.10. The molecule has 5 heteroatoms. The van der Waals surface area contributed by atoms with Crippen LogP contribution < -0.4 is 10.5 Å². The molecule has 2 nitrogen and oxygen atoms in total. The normalized spacial score (nSPS) is 12.2. The van der Waals surface area contributed by atoms with Crippen LogP contribution in [0.1, 0.15) is 12.5 Å². The number of halogens is 3. The molecule has 2 aromatic carbocycles. The zero-order valence-corrected chi connectivity index (χ0v) is 14.0. The minimum Gasteiger partial charge on any atom is -0.455 e. The lowest BCUT2D eigenvalue weighted by Crippen LogP contribution is -2.18. The SMILES string of the molecule is CC(N)Cc1ccc(Br)cc1Oc1cccc(Cl)c1Cl. The van der Waals surface area contributed by atoms with Gasteiger partial charge in [0.1, 0.15) is 16.5 Å². The van der Waals surface area contributed by atoms with Crippen molar-refractivity contribution >= 4 is 39.1 Å². The third-order valence-corrected chi connectivity index (χ3v) is 4.00. The van der Waals surface area contributed by atoms with Gasteiger partial charge in [-0.15, -0.1) is 0 Å². The summed E-state index contributed by atoms with van der Waals surface area (Å²) in [5.74, 6) is 1.25. The van der Waals surface area contributed by atoms with E-state index in [9.17, 15) is 0 Å². The standard InChI is InChI=1S/C15H14BrCl2NO/c1-9(19)7-10-5-6-11(16)8-14(10)20-13-4-2-3-12(17)15(13)18/h2-6,8-9H,7,19H2,1H3. The molecule has 0 aromatic heterocycles. The number of hydrogen-bond donors (Lipinski definition) is 1. The molecule has 2 aromatic rings. The topological polar surface area (TPSA) is 35.2 Å². The van der Waals surface area contributed by atoms with Crippen LogP contribution in [0.25, 0.3) is 0 Å². The minimum absolute atomic E-state index is 0.0494. The van der Waals surface area contributed by atoms with Crippen LogP contribution >= 0.6 is 39.1 Å². The molecule has 0 saturated heterocycles. The average Bonchev–Trinajstić information content (AvgIpc) is 2.38. The summed E-state index contributed by atoms with van der Waals surface area (Å²) in [7, 11) is 0. The summed E-state index contributed by atoms with van der Waals surface area (Å²) in [6, 6.07) is 11.2. The summed E-state index contributed by atoms with van der Waals surface area (Å²) in [5, 5.41) is 0.869. The van der Waals surface area contributed by atoms with Crippen LogP contribution in [-0.2, 0) is 6.42 Å². The molecule has 0 fully saturated rings. The molecule has 106 valence electrons. The second kappa shape index (κ2) is 6.81. The van der Waals surface area contributed by atoms with Gasteiger partial charge >= 0.3 is 0 Å². The van der Waals surface area contributed by atoms with E-state index in [1.807, 2.05) is 25.1 Å². The molecular formula is C15H14BrCl2NO. The Kier molecular flexibility index (Phi) is 5.33. The van der Waals surface area contributed by atoms with Crippen molar-refractivity contribution in [3.63, 3.8) is 0 Å². The Hall–Kier alpha value is -0.740. The Morgan fingerprint density at radius 2 is 1.95 bits per heavy atom. The molecule has 1 unspecified atom stereocenters. The summed E-state index contributed by atoms with van der Waals surface area (Å²) < 4.78 is 6.83. The van der Waals surface area contributed by atoms with Crippen molar-refractivity contribution in [1.29, 1.82) is 0 Å². The van der Waals surface area contributed by atoms with E-state index in [0.29, 0.717) is 15.8 Å². The van der Waals surface area contributed by atoms with Crippen molar-refractivity contribution in [3.05, 3.63) is 56.5 Å². The zero-order chi connectivity index (χ0) is 14.7. The molecular weight excluding hydrogens is 361 g/mol. The van der Waals surface area contributed by atoms with Crippen LogP contribution in [0.5, 0.6) is 11.5 Å². The van der Waals surface area contributed by atoms with Crippen LogP contribution in [0.4, 0.5) is 0 Å². The first-order valence-electron chi connectivity index (χ1n) is 6.13. The van der Waals surface area contributed by atoms with Crippen molar-refractivity contribution < 1.29 is 4.74 Å². The molecule has 0 amide bonds. The van der Waals surface area contributed by atoms with E-state index in [4.69, 9.17) is 33.7 Å². The van der Waals surface area contributed by atoms with E-state index in [1.165, 1.54) is 0 Å². The molecule has 0 bridgehead atoms. The van der Waals surface area contributed by atoms with Gasteiger partial charge in [0, 0.05) is 10.5 Å². The van der Waals surface area contributed by atoms with Crippen molar-refractivity contribution in [1.82, 2.24) is 0 Å². The predicted octanol–water partition coefficient (Wildman–Crippen LogP) is 5.44. The summed E-state index contributed by atoms with van der Waals surface area (Å²) in [5.41, 5.74) is 6.89. The second-order valence-electron chi connectivity index (χ2n) is 4.59. The first-order chi connectivity index (χ1) is 9.47. The Labute approximate surface area is 137 Å². The maximum Gasteiger partial charge on any atom is 0.147 e. The largest absolute Gasteiger partial charge is 0.455 e. The molecule has 0 aliphatic rings. The van der Waals surface area contributed by atoms with Gasteiger partial charge in [-0.05, 0) is 43.2 Å². The second-order valence-corrected chi connectivity index (χ2v) is 6.29. The first-order valence-corrected chi connectivity index (χ1v) is 7.68. The lowest BCUT2D eigenvalue weighted by atomic mass is 10.1.